The first-order valence-electron chi connectivity index (χ1n) is 18.4. The number of nitrogens with one attached hydrogen (secondary N) is 1. The number of carboxylic acid groups (broad SMARTS) is 1. The number of carbonyl (C=O) groups is 2. The maximum Gasteiger partial charge on any atom is 0.333 e. The molecule has 3 fully saturated rings. The van der Waals surface area contributed by atoms with Crippen molar-refractivity contribution in [1.29, 1.82) is 0 Å². The van der Waals surface area contributed by atoms with Crippen molar-refractivity contribution in [2.24, 2.45) is 5.73 Å². The summed E-state index contributed by atoms with van der Waals surface area (Å²) in [5, 5.41) is 97.8. The number of carboxylic acids is 1. The molecule has 318 valence electrons. The Balaban J connectivity index is 1.49. The zero-order valence-electron chi connectivity index (χ0n) is 31.0. The van der Waals surface area contributed by atoms with Crippen LogP contribution in [0.5, 0.6) is 5.75 Å². The zero-order valence-corrected chi connectivity index (χ0v) is 31.0. The first-order chi connectivity index (χ1) is 27.3. The maximum absolute atomic E-state index is 12.6. The summed E-state index contributed by atoms with van der Waals surface area (Å²) in [6.07, 6.45) is -24.9. The molecule has 0 aliphatic carbocycles. The van der Waals surface area contributed by atoms with Crippen LogP contribution in [0.4, 0.5) is 0 Å². The molecule has 20 nitrogen and oxygen atoms in total. The van der Waals surface area contributed by atoms with E-state index in [-0.39, 0.29) is 12.2 Å². The molecule has 3 aliphatic rings. The van der Waals surface area contributed by atoms with Gasteiger partial charge in [0.2, 0.25) is 12.2 Å². The topological polar surface area (TPSA) is 319 Å². The highest BCUT2D eigenvalue weighted by molar-refractivity contribution is 5.73. The van der Waals surface area contributed by atoms with E-state index in [2.05, 4.69) is 5.32 Å². The second-order valence-corrected chi connectivity index (χ2v) is 14.0. The molecule has 0 aromatic heterocycles. The number of rotatable bonds is 17. The lowest BCUT2D eigenvalue weighted by Crippen LogP contribution is -2.70. The van der Waals surface area contributed by atoms with Gasteiger partial charge in [0.15, 0.2) is 18.7 Å². The maximum atomic E-state index is 12.6. The van der Waals surface area contributed by atoms with Crippen LogP contribution in [0.2, 0.25) is 0 Å². The van der Waals surface area contributed by atoms with Gasteiger partial charge >= 0.3 is 5.97 Å². The number of aliphatic hydroxyl groups is 8. The summed E-state index contributed by atoms with van der Waals surface area (Å²) in [7, 11) is 0. The van der Waals surface area contributed by atoms with Gasteiger partial charge in [0.1, 0.15) is 78.9 Å². The number of hydrogen-bond acceptors (Lipinski definition) is 18. The van der Waals surface area contributed by atoms with E-state index in [0.717, 1.165) is 12.5 Å². The Morgan fingerprint density at radius 1 is 0.702 bits per heavy atom. The largest absolute Gasteiger partial charge is 0.479 e. The summed E-state index contributed by atoms with van der Waals surface area (Å²) in [5.41, 5.74) is 7.13. The van der Waals surface area contributed by atoms with Crippen LogP contribution in [0.3, 0.4) is 0 Å². The molecule has 0 radical (unpaired) electrons. The third-order valence-electron chi connectivity index (χ3n) is 9.92. The Hall–Kier alpha value is -3.42. The van der Waals surface area contributed by atoms with Crippen molar-refractivity contribution >= 4 is 11.9 Å². The van der Waals surface area contributed by atoms with Crippen molar-refractivity contribution in [2.45, 2.75) is 118 Å². The normalized spacial score (nSPS) is 36.3. The molecule has 16 atom stereocenters. The van der Waals surface area contributed by atoms with Crippen LogP contribution < -0.4 is 15.8 Å². The van der Waals surface area contributed by atoms with Crippen molar-refractivity contribution in [2.75, 3.05) is 26.4 Å². The van der Waals surface area contributed by atoms with Crippen LogP contribution in [0.15, 0.2) is 54.6 Å². The molecule has 0 saturated carbocycles. The fraction of sp³-hybridized carbons (Fsp3) is 0.622. The molecule has 2 aromatic carbocycles. The summed E-state index contributed by atoms with van der Waals surface area (Å²) in [6, 6.07) is 13.6. The Morgan fingerprint density at radius 3 is 1.89 bits per heavy atom. The lowest BCUT2D eigenvalue weighted by molar-refractivity contribution is -0.364. The Morgan fingerprint density at radius 2 is 1.30 bits per heavy atom. The van der Waals surface area contributed by atoms with Gasteiger partial charge in [-0.3, -0.25) is 4.79 Å². The van der Waals surface area contributed by atoms with Crippen molar-refractivity contribution in [3.8, 4) is 5.75 Å². The highest BCUT2D eigenvalue weighted by Gasteiger charge is 2.55. The van der Waals surface area contributed by atoms with E-state index in [0.29, 0.717) is 18.5 Å². The van der Waals surface area contributed by atoms with Gasteiger partial charge in [0, 0.05) is 13.3 Å². The van der Waals surface area contributed by atoms with Gasteiger partial charge in [0.05, 0.1) is 19.8 Å². The second kappa shape index (κ2) is 20.5. The number of ether oxygens (including phenoxy) is 7. The molecule has 0 spiro atoms. The van der Waals surface area contributed by atoms with Gasteiger partial charge in [-0.15, -0.1) is 0 Å². The molecule has 1 amide bonds. The van der Waals surface area contributed by atoms with E-state index in [9.17, 15) is 55.5 Å². The minimum absolute atomic E-state index is 0.173. The average molecular weight is 813 g/mol. The van der Waals surface area contributed by atoms with Gasteiger partial charge in [-0.05, 0) is 36.2 Å². The van der Waals surface area contributed by atoms with E-state index in [1.54, 1.807) is 54.6 Å². The molecule has 3 saturated heterocycles. The molecule has 12 N–H and O–H groups in total. The van der Waals surface area contributed by atoms with Crippen molar-refractivity contribution in [3.63, 3.8) is 0 Å². The second-order valence-electron chi connectivity index (χ2n) is 14.0. The number of nitrogens with two attached hydrogens (primary N) is 1. The lowest BCUT2D eigenvalue weighted by Gasteiger charge is -2.50. The van der Waals surface area contributed by atoms with Crippen LogP contribution in [0.1, 0.15) is 18.1 Å². The number of aliphatic carboxylic acids is 1. The molecule has 5 rings (SSSR count). The zero-order chi connectivity index (χ0) is 41.4. The monoisotopic (exact) mass is 812 g/mol. The summed E-state index contributed by atoms with van der Waals surface area (Å²) in [4.78, 5) is 25.2. The predicted molar refractivity (Wildman–Crippen MR) is 191 cm³/mol. The Kier molecular flexibility index (Phi) is 16.1. The fourth-order valence-electron chi connectivity index (χ4n) is 6.93. The molecule has 3 heterocycles. The summed E-state index contributed by atoms with van der Waals surface area (Å²) >= 11 is 0. The molecule has 57 heavy (non-hydrogen) atoms. The van der Waals surface area contributed by atoms with Gasteiger partial charge in [-0.1, -0.05) is 42.5 Å². The van der Waals surface area contributed by atoms with Gasteiger partial charge in [-0.25, -0.2) is 4.79 Å². The third-order valence-corrected chi connectivity index (χ3v) is 9.92. The molecule has 3 aliphatic heterocycles. The van der Waals surface area contributed by atoms with Crippen LogP contribution in [0.25, 0.3) is 0 Å². The van der Waals surface area contributed by atoms with E-state index in [1.165, 1.54) is 0 Å². The molecule has 2 aromatic rings. The lowest BCUT2D eigenvalue weighted by atomic mass is 9.94. The molecule has 0 bridgehead atoms. The van der Waals surface area contributed by atoms with Gasteiger partial charge in [-0.2, -0.15) is 0 Å². The molecular formula is C37H52N2O18. The molecule has 20 heteroatoms. The SMILES string of the molecule is CC(=O)NC1C(O[C@@H]2OC(CO)[C@H](O)C(O)C2O)[C@@H](O)C(CO)O[C@H]1O[C@H]1C(CO)O[C@@H](Oc2ccc(CCN)cc2)C(O)C1O[C@@H](Cc1ccccc1)C(=O)O. The minimum Gasteiger partial charge on any atom is -0.479 e. The average Bonchev–Trinajstić information content (AvgIpc) is 3.19. The minimum atomic E-state index is -1.94. The van der Waals surface area contributed by atoms with Crippen molar-refractivity contribution in [3.05, 3.63) is 65.7 Å². The predicted octanol–water partition coefficient (Wildman–Crippen LogP) is -4.12. The smallest absolute Gasteiger partial charge is 0.333 e. The van der Waals surface area contributed by atoms with E-state index < -0.39 is 130 Å². The van der Waals surface area contributed by atoms with E-state index in [4.69, 9.17) is 38.9 Å². The van der Waals surface area contributed by atoms with Crippen LogP contribution in [-0.2, 0) is 50.9 Å². The van der Waals surface area contributed by atoms with Gasteiger partial charge < -0.3 is 90.2 Å². The summed E-state index contributed by atoms with van der Waals surface area (Å²) in [6.45, 7) is -0.983. The van der Waals surface area contributed by atoms with Crippen LogP contribution in [-0.4, -0.2) is 182 Å². The van der Waals surface area contributed by atoms with Gasteiger partial charge in [0.25, 0.3) is 0 Å². The highest BCUT2D eigenvalue weighted by Crippen LogP contribution is 2.35. The Bertz CT molecular complexity index is 1560. The van der Waals surface area contributed by atoms with Crippen LogP contribution in [0, 0.1) is 0 Å². The third kappa shape index (κ3) is 10.8. The van der Waals surface area contributed by atoms with Crippen molar-refractivity contribution in [1.82, 2.24) is 5.32 Å². The first-order valence-corrected chi connectivity index (χ1v) is 18.4. The highest BCUT2D eigenvalue weighted by atomic mass is 16.8. The summed E-state index contributed by atoms with van der Waals surface area (Å²) in [5.74, 6) is -1.89. The Labute approximate surface area is 327 Å². The number of benzene rings is 2. The number of carbonyl (C=O) groups excluding carboxylic acids is 1. The quantitative estimate of drug-likeness (QED) is 0.0723. The number of aliphatic hydroxyl groups excluding tert-OH is 8. The summed E-state index contributed by atoms with van der Waals surface area (Å²) < 4.78 is 41.6. The molecule has 9 unspecified atom stereocenters. The van der Waals surface area contributed by atoms with E-state index in [1.807, 2.05) is 0 Å². The number of hydrogen-bond donors (Lipinski definition) is 11. The fourth-order valence-corrected chi connectivity index (χ4v) is 6.93. The number of amides is 1. The van der Waals surface area contributed by atoms with E-state index >= 15 is 0 Å². The first kappa shape index (κ1) is 44.7. The molecular weight excluding hydrogens is 760 g/mol. The van der Waals surface area contributed by atoms with Crippen molar-refractivity contribution < 1.29 is 88.7 Å². The standard InChI is InChI=1S/C37H52N2O18/c1-17(43)39-25-32(57-36-29(47)28(46)26(44)22(14-40)54-36)27(45)23(15-41)53-35(25)56-31-24(16-42)55-37(51-20-9-7-18(8-10-20)11-12-38)30(48)33(31)52-21(34(49)50)13-19-5-3-2-4-6-19/h2-10,21-33,35-37,40-42,44-48H,11-16,38H2,1H3,(H,39,43)(H,49,50)/t21-,22?,23?,24?,25?,26-,27-,28?,29?,30?,31-,32?,33?,35-,36-,37+/m0/s1. The van der Waals surface area contributed by atoms with Crippen LogP contribution >= 0.6 is 0 Å².